The number of hydrogen-bond acceptors (Lipinski definition) is 6. The molecule has 2 saturated heterocycles. The van der Waals surface area contributed by atoms with E-state index in [0.29, 0.717) is 18.2 Å². The molecule has 0 aliphatic carbocycles. The average molecular weight is 294 g/mol. The Morgan fingerprint density at radius 2 is 2.10 bits per heavy atom. The molecule has 2 aliphatic heterocycles. The lowest BCUT2D eigenvalue weighted by Crippen LogP contribution is -2.45. The lowest BCUT2D eigenvalue weighted by Gasteiger charge is -2.44. The number of aliphatic hydroxyl groups excluding tert-OH is 1. The molecule has 0 bridgehead atoms. The van der Waals surface area contributed by atoms with Gasteiger partial charge in [0.15, 0.2) is 0 Å². The van der Waals surface area contributed by atoms with Gasteiger partial charge in [-0.15, -0.1) is 10.2 Å². The Balaban J connectivity index is 1.69. The highest BCUT2D eigenvalue weighted by Crippen LogP contribution is 2.41. The molecule has 3 heterocycles. The number of nitrogens with zero attached hydrogens (tertiary/aromatic N) is 2. The molecule has 0 aromatic carbocycles. The van der Waals surface area contributed by atoms with Crippen molar-refractivity contribution in [3.63, 3.8) is 0 Å². The highest BCUT2D eigenvalue weighted by Gasteiger charge is 2.41. The second kappa shape index (κ2) is 6.25. The van der Waals surface area contributed by atoms with E-state index in [1.54, 1.807) is 19.2 Å². The number of aromatic nitrogens is 2. The third kappa shape index (κ3) is 3.17. The van der Waals surface area contributed by atoms with Crippen molar-refractivity contribution in [3.8, 4) is 5.88 Å². The van der Waals surface area contributed by atoms with Crippen LogP contribution >= 0.6 is 0 Å². The smallest absolute Gasteiger partial charge is 0.233 e. The maximum absolute atomic E-state index is 10.6. The van der Waals surface area contributed by atoms with Crippen molar-refractivity contribution in [2.75, 3.05) is 26.9 Å². The largest absolute Gasteiger partial charge is 0.480 e. The second-order valence-electron chi connectivity index (χ2n) is 5.84. The fraction of sp³-hybridized carbons (Fsp3) is 0.733. The van der Waals surface area contributed by atoms with Gasteiger partial charge in [-0.3, -0.25) is 0 Å². The molecular weight excluding hydrogens is 272 g/mol. The van der Waals surface area contributed by atoms with Gasteiger partial charge in [0.2, 0.25) is 5.88 Å². The van der Waals surface area contributed by atoms with E-state index in [1.165, 1.54) is 0 Å². The minimum atomic E-state index is -0.605. The Bertz CT molecular complexity index is 454. The first kappa shape index (κ1) is 14.7. The van der Waals surface area contributed by atoms with E-state index in [2.05, 4.69) is 10.2 Å². The Morgan fingerprint density at radius 1 is 1.29 bits per heavy atom. The zero-order valence-electron chi connectivity index (χ0n) is 12.3. The topological polar surface area (TPSA) is 73.7 Å². The number of rotatable bonds is 3. The summed E-state index contributed by atoms with van der Waals surface area (Å²) in [5, 5.41) is 18.6. The van der Waals surface area contributed by atoms with Crippen LogP contribution < -0.4 is 4.74 Å². The first-order valence-corrected chi connectivity index (χ1v) is 7.50. The molecule has 0 amide bonds. The van der Waals surface area contributed by atoms with Crippen LogP contribution in [0.15, 0.2) is 12.1 Å². The first-order valence-electron chi connectivity index (χ1n) is 7.50. The summed E-state index contributed by atoms with van der Waals surface area (Å²) in [5.41, 5.74) is 0.479. The van der Waals surface area contributed by atoms with Crippen molar-refractivity contribution >= 4 is 0 Å². The molecule has 3 rings (SSSR count). The summed E-state index contributed by atoms with van der Waals surface area (Å²) in [5.74, 6) is 0.610. The molecule has 1 spiro atoms. The minimum Gasteiger partial charge on any atom is -0.480 e. The zero-order valence-corrected chi connectivity index (χ0v) is 12.3. The molecule has 1 aromatic rings. The Hall–Kier alpha value is -1.24. The fourth-order valence-electron chi connectivity index (χ4n) is 3.27. The number of methoxy groups -OCH3 is 1. The van der Waals surface area contributed by atoms with Gasteiger partial charge in [-0.1, -0.05) is 0 Å². The molecule has 116 valence electrons. The van der Waals surface area contributed by atoms with Crippen molar-refractivity contribution in [1.29, 1.82) is 0 Å². The van der Waals surface area contributed by atoms with Crippen LogP contribution in [0, 0.1) is 5.92 Å². The lowest BCUT2D eigenvalue weighted by atomic mass is 9.78. The van der Waals surface area contributed by atoms with Gasteiger partial charge in [0.05, 0.1) is 18.4 Å². The standard InChI is InChI=1S/C15H22N2O4/c1-19-13-3-2-12(16-17-13)14(18)11-4-7-21-15(10-11)5-8-20-9-6-15/h2-3,11,14,18H,4-10H2,1H3. The molecule has 6 heteroatoms. The Kier molecular flexibility index (Phi) is 4.37. The van der Waals surface area contributed by atoms with Crippen LogP contribution in [0.2, 0.25) is 0 Å². The predicted octanol–water partition coefficient (Wildman–Crippen LogP) is 1.49. The van der Waals surface area contributed by atoms with Crippen molar-refractivity contribution in [3.05, 3.63) is 17.8 Å². The monoisotopic (exact) mass is 294 g/mol. The third-order valence-electron chi connectivity index (χ3n) is 4.55. The molecule has 6 nitrogen and oxygen atoms in total. The molecule has 21 heavy (non-hydrogen) atoms. The van der Waals surface area contributed by atoms with Gasteiger partial charge < -0.3 is 19.3 Å². The summed E-state index contributed by atoms with van der Waals surface area (Å²) >= 11 is 0. The van der Waals surface area contributed by atoms with Crippen molar-refractivity contribution in [1.82, 2.24) is 10.2 Å². The summed E-state index contributed by atoms with van der Waals surface area (Å²) in [7, 11) is 1.55. The molecule has 2 atom stereocenters. The number of ether oxygens (including phenoxy) is 3. The minimum absolute atomic E-state index is 0.123. The molecule has 1 aromatic heterocycles. The van der Waals surface area contributed by atoms with Crippen LogP contribution in [0.4, 0.5) is 0 Å². The predicted molar refractivity (Wildman–Crippen MR) is 75.0 cm³/mol. The molecule has 0 saturated carbocycles. The highest BCUT2D eigenvalue weighted by molar-refractivity contribution is 5.14. The molecule has 1 N–H and O–H groups in total. The molecule has 2 unspecified atom stereocenters. The van der Waals surface area contributed by atoms with Crippen LogP contribution in [0.25, 0.3) is 0 Å². The van der Waals surface area contributed by atoms with Gasteiger partial charge in [0.25, 0.3) is 0 Å². The zero-order chi connectivity index (χ0) is 14.7. The second-order valence-corrected chi connectivity index (χ2v) is 5.84. The molecule has 2 fully saturated rings. The van der Waals surface area contributed by atoms with Gasteiger partial charge in [-0.05, 0) is 37.7 Å². The normalized spacial score (nSPS) is 26.5. The van der Waals surface area contributed by atoms with Crippen molar-refractivity contribution in [2.45, 2.75) is 37.4 Å². The van der Waals surface area contributed by atoms with E-state index in [4.69, 9.17) is 14.2 Å². The average Bonchev–Trinajstić information content (AvgIpc) is 2.55. The first-order chi connectivity index (χ1) is 10.2. The summed E-state index contributed by atoms with van der Waals surface area (Å²) in [6.07, 6.45) is 2.91. The van der Waals surface area contributed by atoms with Crippen LogP contribution in [-0.2, 0) is 9.47 Å². The van der Waals surface area contributed by atoms with E-state index in [0.717, 1.165) is 38.9 Å². The Morgan fingerprint density at radius 3 is 2.76 bits per heavy atom. The summed E-state index contributed by atoms with van der Waals surface area (Å²) in [6, 6.07) is 3.51. The van der Waals surface area contributed by atoms with Crippen molar-refractivity contribution < 1.29 is 19.3 Å². The van der Waals surface area contributed by atoms with Crippen LogP contribution in [0.1, 0.15) is 37.5 Å². The van der Waals surface area contributed by atoms with Crippen LogP contribution in [0.5, 0.6) is 5.88 Å². The van der Waals surface area contributed by atoms with Gasteiger partial charge in [-0.25, -0.2) is 0 Å². The SMILES string of the molecule is COc1ccc(C(O)C2CCOC3(CCOCC3)C2)nn1. The summed E-state index contributed by atoms with van der Waals surface area (Å²) in [6.45, 7) is 2.17. The van der Waals surface area contributed by atoms with Gasteiger partial charge in [0, 0.05) is 25.9 Å². The molecule has 0 radical (unpaired) electrons. The van der Waals surface area contributed by atoms with E-state index >= 15 is 0 Å². The van der Waals surface area contributed by atoms with E-state index in [-0.39, 0.29) is 11.5 Å². The maximum atomic E-state index is 10.6. The number of hydrogen-bond donors (Lipinski definition) is 1. The summed E-state index contributed by atoms with van der Waals surface area (Å²) in [4.78, 5) is 0. The molecular formula is C15H22N2O4. The van der Waals surface area contributed by atoms with Crippen LogP contribution in [-0.4, -0.2) is 47.8 Å². The van der Waals surface area contributed by atoms with Crippen LogP contribution in [0.3, 0.4) is 0 Å². The fourth-order valence-corrected chi connectivity index (χ4v) is 3.27. The summed E-state index contributed by atoms with van der Waals surface area (Å²) < 4.78 is 16.4. The van der Waals surface area contributed by atoms with Gasteiger partial charge in [0.1, 0.15) is 6.10 Å². The van der Waals surface area contributed by atoms with Gasteiger partial charge in [-0.2, -0.15) is 0 Å². The highest BCUT2D eigenvalue weighted by atomic mass is 16.5. The maximum Gasteiger partial charge on any atom is 0.233 e. The third-order valence-corrected chi connectivity index (χ3v) is 4.55. The van der Waals surface area contributed by atoms with E-state index in [9.17, 15) is 5.11 Å². The quantitative estimate of drug-likeness (QED) is 0.910. The van der Waals surface area contributed by atoms with Gasteiger partial charge >= 0.3 is 0 Å². The van der Waals surface area contributed by atoms with E-state index in [1.807, 2.05) is 0 Å². The van der Waals surface area contributed by atoms with E-state index < -0.39 is 6.10 Å². The Labute approximate surface area is 124 Å². The molecule has 2 aliphatic rings. The lowest BCUT2D eigenvalue weighted by molar-refractivity contribution is -0.159. The van der Waals surface area contributed by atoms with Crippen molar-refractivity contribution in [2.24, 2.45) is 5.92 Å². The number of aliphatic hydroxyl groups is 1.